The zero-order valence-corrected chi connectivity index (χ0v) is 9.80. The Labute approximate surface area is 94.2 Å². The summed E-state index contributed by atoms with van der Waals surface area (Å²) in [6, 6.07) is 0. The van der Waals surface area contributed by atoms with E-state index in [-0.39, 0.29) is 11.6 Å². The lowest BCUT2D eigenvalue weighted by Gasteiger charge is -2.30. The zero-order chi connectivity index (χ0) is 12.2. The van der Waals surface area contributed by atoms with E-state index < -0.39 is 11.9 Å². The second-order valence-electron chi connectivity index (χ2n) is 3.37. The molecule has 0 radical (unpaired) electrons. The van der Waals surface area contributed by atoms with Gasteiger partial charge in [0.25, 0.3) is 0 Å². The van der Waals surface area contributed by atoms with Crippen molar-refractivity contribution in [1.82, 2.24) is 9.97 Å². The summed E-state index contributed by atoms with van der Waals surface area (Å²) in [4.78, 5) is 8.00. The summed E-state index contributed by atoms with van der Waals surface area (Å²) in [5.74, 6) is 0.242. The third-order valence-corrected chi connectivity index (χ3v) is 2.22. The monoisotopic (exact) mass is 228 g/mol. The van der Waals surface area contributed by atoms with E-state index in [1.165, 1.54) is 40.6 Å². The first-order valence-corrected chi connectivity index (χ1v) is 4.71. The molecule has 0 bridgehead atoms. The van der Waals surface area contributed by atoms with Gasteiger partial charge in [0.1, 0.15) is 5.69 Å². The summed E-state index contributed by atoms with van der Waals surface area (Å²) in [6.07, 6.45) is 2.10. The van der Waals surface area contributed by atoms with Gasteiger partial charge in [-0.05, 0) is 6.92 Å². The van der Waals surface area contributed by atoms with Gasteiger partial charge >= 0.3 is 0 Å². The van der Waals surface area contributed by atoms with Crippen molar-refractivity contribution in [3.8, 4) is 5.88 Å². The van der Waals surface area contributed by atoms with Crippen LogP contribution in [0.15, 0.2) is 12.4 Å². The summed E-state index contributed by atoms with van der Waals surface area (Å²) >= 11 is 0. The second-order valence-corrected chi connectivity index (χ2v) is 3.37. The predicted molar refractivity (Wildman–Crippen MR) is 56.0 cm³/mol. The molecule has 0 amide bonds. The number of hydrogen-bond acceptors (Lipinski definition) is 6. The Balaban J connectivity index is 3.14. The molecule has 0 aromatic carbocycles. The van der Waals surface area contributed by atoms with Gasteiger partial charge < -0.3 is 19.3 Å². The van der Waals surface area contributed by atoms with Crippen LogP contribution >= 0.6 is 0 Å². The number of rotatable bonds is 5. The quantitative estimate of drug-likeness (QED) is 0.731. The minimum absolute atomic E-state index is 0.242. The minimum atomic E-state index is -1.44. The van der Waals surface area contributed by atoms with Crippen molar-refractivity contribution >= 4 is 0 Å². The number of aromatic nitrogens is 2. The summed E-state index contributed by atoms with van der Waals surface area (Å²) in [5.41, 5.74) is -1.17. The molecule has 1 aromatic heterocycles. The highest BCUT2D eigenvalue weighted by molar-refractivity contribution is 5.24. The molecule has 0 fully saturated rings. The Kier molecular flexibility index (Phi) is 4.17. The number of nitrogens with zero attached hydrogens (tertiary/aromatic N) is 2. The summed E-state index contributed by atoms with van der Waals surface area (Å²) < 4.78 is 15.1. The largest absolute Gasteiger partial charge is 0.480 e. The normalized spacial score (nSPS) is 14.9. The molecule has 1 heterocycles. The SMILES string of the molecule is COc1nccnc1C(C)(O)C(OC)OC. The molecule has 0 aliphatic heterocycles. The lowest BCUT2D eigenvalue weighted by molar-refractivity contribution is -0.215. The predicted octanol–water partition coefficient (Wildman–Crippen LogP) is 0.312. The van der Waals surface area contributed by atoms with Crippen molar-refractivity contribution in [2.75, 3.05) is 21.3 Å². The highest BCUT2D eigenvalue weighted by Crippen LogP contribution is 2.30. The zero-order valence-electron chi connectivity index (χ0n) is 9.80. The smallest absolute Gasteiger partial charge is 0.238 e. The maximum absolute atomic E-state index is 10.3. The van der Waals surface area contributed by atoms with Crippen molar-refractivity contribution in [3.63, 3.8) is 0 Å². The van der Waals surface area contributed by atoms with Gasteiger partial charge in [-0.3, -0.25) is 4.98 Å². The Morgan fingerprint density at radius 3 is 2.25 bits per heavy atom. The van der Waals surface area contributed by atoms with E-state index in [1.807, 2.05) is 0 Å². The molecular weight excluding hydrogens is 212 g/mol. The van der Waals surface area contributed by atoms with Crippen LogP contribution in [0.25, 0.3) is 0 Å². The lowest BCUT2D eigenvalue weighted by atomic mass is 10.0. The van der Waals surface area contributed by atoms with E-state index in [9.17, 15) is 5.11 Å². The van der Waals surface area contributed by atoms with E-state index >= 15 is 0 Å². The van der Waals surface area contributed by atoms with Gasteiger partial charge in [0.05, 0.1) is 7.11 Å². The molecule has 0 aliphatic rings. The van der Waals surface area contributed by atoms with Crippen LogP contribution in [0.3, 0.4) is 0 Å². The van der Waals surface area contributed by atoms with Crippen LogP contribution in [0, 0.1) is 0 Å². The summed E-state index contributed by atoms with van der Waals surface area (Å²) in [5, 5.41) is 10.3. The third-order valence-electron chi connectivity index (χ3n) is 2.22. The van der Waals surface area contributed by atoms with Gasteiger partial charge in [0.2, 0.25) is 5.88 Å². The van der Waals surface area contributed by atoms with Gasteiger partial charge in [-0.15, -0.1) is 0 Å². The van der Waals surface area contributed by atoms with E-state index in [2.05, 4.69) is 9.97 Å². The van der Waals surface area contributed by atoms with Crippen molar-refractivity contribution in [2.45, 2.75) is 18.8 Å². The molecule has 0 aliphatic carbocycles. The van der Waals surface area contributed by atoms with E-state index in [1.54, 1.807) is 0 Å². The first kappa shape index (κ1) is 12.8. The molecule has 0 saturated carbocycles. The Hall–Kier alpha value is -1.24. The maximum Gasteiger partial charge on any atom is 0.238 e. The maximum atomic E-state index is 10.3. The fourth-order valence-electron chi connectivity index (χ4n) is 1.49. The highest BCUT2D eigenvalue weighted by atomic mass is 16.7. The molecule has 1 atom stereocenters. The summed E-state index contributed by atoms with van der Waals surface area (Å²) in [6.45, 7) is 1.52. The fourth-order valence-corrected chi connectivity index (χ4v) is 1.49. The number of hydrogen-bond donors (Lipinski definition) is 1. The third kappa shape index (κ3) is 2.29. The molecule has 1 N–H and O–H groups in total. The average molecular weight is 228 g/mol. The highest BCUT2D eigenvalue weighted by Gasteiger charge is 2.38. The molecule has 0 spiro atoms. The first-order chi connectivity index (χ1) is 7.57. The van der Waals surface area contributed by atoms with Crippen LogP contribution in [-0.4, -0.2) is 42.7 Å². The Bertz CT molecular complexity index is 339. The van der Waals surface area contributed by atoms with Crippen LogP contribution in [0.1, 0.15) is 12.6 Å². The van der Waals surface area contributed by atoms with Crippen LogP contribution < -0.4 is 4.74 Å². The van der Waals surface area contributed by atoms with E-state index in [4.69, 9.17) is 14.2 Å². The second kappa shape index (κ2) is 5.20. The summed E-state index contributed by atoms with van der Waals surface area (Å²) in [7, 11) is 4.33. The van der Waals surface area contributed by atoms with Gasteiger partial charge in [0.15, 0.2) is 11.9 Å². The van der Waals surface area contributed by atoms with Crippen LogP contribution in [0.2, 0.25) is 0 Å². The molecule has 1 aromatic rings. The molecule has 16 heavy (non-hydrogen) atoms. The van der Waals surface area contributed by atoms with Crippen LogP contribution in [-0.2, 0) is 15.1 Å². The number of methoxy groups -OCH3 is 3. The first-order valence-electron chi connectivity index (χ1n) is 4.71. The molecule has 6 heteroatoms. The average Bonchev–Trinajstić information content (AvgIpc) is 2.30. The molecule has 90 valence electrons. The molecule has 0 saturated heterocycles. The van der Waals surface area contributed by atoms with Crippen LogP contribution in [0.4, 0.5) is 0 Å². The van der Waals surface area contributed by atoms with Crippen molar-refractivity contribution < 1.29 is 19.3 Å². The van der Waals surface area contributed by atoms with E-state index in [0.29, 0.717) is 0 Å². The topological polar surface area (TPSA) is 73.7 Å². The minimum Gasteiger partial charge on any atom is -0.480 e. The van der Waals surface area contributed by atoms with Crippen molar-refractivity contribution in [3.05, 3.63) is 18.1 Å². The molecular formula is C10H16N2O4. The standard InChI is InChI=1S/C10H16N2O4/c1-10(13,9(15-3)16-4)7-8(14-2)12-6-5-11-7/h5-6,9,13H,1-4H3. The lowest BCUT2D eigenvalue weighted by Crippen LogP contribution is -2.40. The van der Waals surface area contributed by atoms with Gasteiger partial charge in [-0.1, -0.05) is 0 Å². The number of aliphatic hydroxyl groups is 1. The Morgan fingerprint density at radius 2 is 1.75 bits per heavy atom. The van der Waals surface area contributed by atoms with Gasteiger partial charge in [0, 0.05) is 26.6 Å². The van der Waals surface area contributed by atoms with Gasteiger partial charge in [-0.25, -0.2) is 4.98 Å². The fraction of sp³-hybridized carbons (Fsp3) is 0.600. The van der Waals surface area contributed by atoms with Crippen molar-refractivity contribution in [1.29, 1.82) is 0 Å². The molecule has 1 rings (SSSR count). The van der Waals surface area contributed by atoms with Crippen molar-refractivity contribution in [2.24, 2.45) is 0 Å². The van der Waals surface area contributed by atoms with Gasteiger partial charge in [-0.2, -0.15) is 0 Å². The molecule has 1 unspecified atom stereocenters. The number of ether oxygens (including phenoxy) is 3. The molecule has 6 nitrogen and oxygen atoms in total. The van der Waals surface area contributed by atoms with E-state index in [0.717, 1.165) is 0 Å². The van der Waals surface area contributed by atoms with Crippen LogP contribution in [0.5, 0.6) is 5.88 Å². The Morgan fingerprint density at radius 1 is 1.19 bits per heavy atom.